The number of rotatable bonds is 17. The maximum Gasteiger partial charge on any atom is 0.293 e. The molecule has 15 heteroatoms. The third kappa shape index (κ3) is 10.6. The number of nitro groups is 1. The minimum Gasteiger partial charge on any atom is -0.493 e. The van der Waals surface area contributed by atoms with Gasteiger partial charge in [-0.15, -0.1) is 11.8 Å². The maximum absolute atomic E-state index is 13.8. The van der Waals surface area contributed by atoms with Crippen molar-refractivity contribution in [3.63, 3.8) is 0 Å². The molecule has 1 atom stereocenters. The van der Waals surface area contributed by atoms with Crippen LogP contribution in [-0.2, 0) is 22.9 Å². The SMILES string of the molecule is CC(C)COc1ccc(CCc2nc(N3CCCC3c3ccc(Cl)cc3)ncc2C(=O)NS(=O)(=O)c2ccc(NCCSc3ccccc3)c([N+](=O)[O-])c2)cc1. The molecule has 1 aliphatic rings. The highest BCUT2D eigenvalue weighted by molar-refractivity contribution is 7.99. The molecule has 1 aromatic heterocycles. The number of nitrogens with one attached hydrogen (secondary N) is 2. The van der Waals surface area contributed by atoms with E-state index in [9.17, 15) is 23.3 Å². The van der Waals surface area contributed by atoms with Crippen LogP contribution in [0.4, 0.5) is 17.3 Å². The van der Waals surface area contributed by atoms with Gasteiger partial charge in [-0.3, -0.25) is 14.9 Å². The fourth-order valence-corrected chi connectivity index (χ4v) is 8.23. The molecule has 1 aliphatic heterocycles. The van der Waals surface area contributed by atoms with E-state index in [0.717, 1.165) is 40.7 Å². The van der Waals surface area contributed by atoms with Crippen LogP contribution in [0.3, 0.4) is 0 Å². The predicted molar refractivity (Wildman–Crippen MR) is 220 cm³/mol. The monoisotopic (exact) mass is 814 g/mol. The Morgan fingerprint density at radius 1 is 1.04 bits per heavy atom. The van der Waals surface area contributed by atoms with Crippen LogP contribution in [0.1, 0.15) is 59.9 Å². The second kappa shape index (κ2) is 18.6. The molecule has 0 saturated carbocycles. The highest BCUT2D eigenvalue weighted by atomic mass is 35.5. The van der Waals surface area contributed by atoms with Crippen LogP contribution in [0.15, 0.2) is 113 Å². The molecular weight excluding hydrogens is 772 g/mol. The van der Waals surface area contributed by atoms with Crippen LogP contribution >= 0.6 is 23.4 Å². The fraction of sp³-hybridized carbons (Fsp3) is 0.293. The Labute approximate surface area is 336 Å². The maximum atomic E-state index is 13.8. The second-order valence-electron chi connectivity index (χ2n) is 13.7. The zero-order valence-electron chi connectivity index (χ0n) is 31.1. The van der Waals surface area contributed by atoms with Gasteiger partial charge < -0.3 is 15.0 Å². The van der Waals surface area contributed by atoms with Crippen LogP contribution in [0.25, 0.3) is 0 Å². The minimum absolute atomic E-state index is 0.00516. The zero-order valence-corrected chi connectivity index (χ0v) is 33.4. The van der Waals surface area contributed by atoms with Gasteiger partial charge in [-0.25, -0.2) is 23.1 Å². The Hall–Kier alpha value is -5.18. The standard InChI is InChI=1S/C41H43ClN6O6S2/c1-28(2)27-54-32-17-10-29(11-18-32)12-20-36-35(26-44-41(45-36)47-23-6-9-38(47)30-13-15-31(42)16-14-30)40(49)46-56(52,53)34-19-21-37(39(25-34)48(50)51)43-22-24-55-33-7-4-3-5-8-33/h3-5,7-8,10-11,13-19,21,25-26,28,38,43H,6,9,12,20,22-24,27H2,1-2H3,(H,46,49). The number of aryl methyl sites for hydroxylation is 2. The van der Waals surface area contributed by atoms with E-state index < -0.39 is 31.4 Å². The molecule has 2 N–H and O–H groups in total. The van der Waals surface area contributed by atoms with Crippen molar-refractivity contribution in [3.05, 3.63) is 141 Å². The first kappa shape index (κ1) is 40.5. The summed E-state index contributed by atoms with van der Waals surface area (Å²) in [5.41, 5.74) is 2.12. The molecule has 1 saturated heterocycles. The van der Waals surface area contributed by atoms with Gasteiger partial charge >= 0.3 is 0 Å². The number of carbonyl (C=O) groups is 1. The first-order valence-corrected chi connectivity index (χ1v) is 21.2. The van der Waals surface area contributed by atoms with Crippen molar-refractivity contribution in [3.8, 4) is 5.75 Å². The minimum atomic E-state index is -4.54. The molecule has 292 valence electrons. The number of halogens is 1. The smallest absolute Gasteiger partial charge is 0.293 e. The van der Waals surface area contributed by atoms with Crippen molar-refractivity contribution in [1.82, 2.24) is 14.7 Å². The normalized spacial score (nSPS) is 14.1. The largest absolute Gasteiger partial charge is 0.493 e. The Balaban J connectivity index is 1.22. The van der Waals surface area contributed by atoms with E-state index in [1.54, 1.807) is 11.8 Å². The Morgan fingerprint density at radius 3 is 2.50 bits per heavy atom. The molecule has 12 nitrogen and oxygen atoms in total. The van der Waals surface area contributed by atoms with Gasteiger partial charge in [0, 0.05) is 41.0 Å². The molecule has 4 aromatic carbocycles. The molecule has 1 unspecified atom stereocenters. The van der Waals surface area contributed by atoms with Gasteiger partial charge in [-0.05, 0) is 91.3 Å². The van der Waals surface area contributed by atoms with Gasteiger partial charge in [0.05, 0.1) is 33.7 Å². The highest BCUT2D eigenvalue weighted by Gasteiger charge is 2.30. The van der Waals surface area contributed by atoms with Crippen molar-refractivity contribution in [2.75, 3.05) is 35.7 Å². The molecule has 0 bridgehead atoms. The number of nitrogens with zero attached hydrogens (tertiary/aromatic N) is 4. The molecule has 0 radical (unpaired) electrons. The number of sulfonamides is 1. The van der Waals surface area contributed by atoms with Crippen molar-refractivity contribution in [2.45, 2.75) is 55.4 Å². The van der Waals surface area contributed by atoms with Crippen molar-refractivity contribution >= 4 is 56.6 Å². The summed E-state index contributed by atoms with van der Waals surface area (Å²) in [5, 5.41) is 15.7. The predicted octanol–water partition coefficient (Wildman–Crippen LogP) is 8.52. The van der Waals surface area contributed by atoms with E-state index in [2.05, 4.69) is 33.8 Å². The molecular formula is C41H43ClN6O6S2. The number of benzene rings is 4. The van der Waals surface area contributed by atoms with Crippen molar-refractivity contribution in [1.29, 1.82) is 0 Å². The van der Waals surface area contributed by atoms with Crippen LogP contribution < -0.4 is 19.7 Å². The van der Waals surface area contributed by atoms with Gasteiger partial charge in [0.25, 0.3) is 21.6 Å². The van der Waals surface area contributed by atoms with E-state index in [4.69, 9.17) is 21.3 Å². The summed E-state index contributed by atoms with van der Waals surface area (Å²) in [6.07, 6.45) is 3.94. The lowest BCUT2D eigenvalue weighted by Gasteiger charge is -2.26. The lowest BCUT2D eigenvalue weighted by molar-refractivity contribution is -0.384. The Kier molecular flexibility index (Phi) is 13.5. The number of ether oxygens (including phenoxy) is 1. The lowest BCUT2D eigenvalue weighted by atomic mass is 10.0. The Bertz CT molecular complexity index is 2240. The first-order chi connectivity index (χ1) is 27.0. The van der Waals surface area contributed by atoms with E-state index in [0.29, 0.717) is 60.9 Å². The summed E-state index contributed by atoms with van der Waals surface area (Å²) in [6.45, 7) is 5.85. The Morgan fingerprint density at radius 2 is 1.79 bits per heavy atom. The number of hydrogen-bond donors (Lipinski definition) is 2. The number of nitro benzene ring substituents is 1. The number of amides is 1. The molecule has 0 spiro atoms. The molecule has 56 heavy (non-hydrogen) atoms. The molecule has 5 aromatic rings. The third-order valence-corrected chi connectivity index (χ3v) is 11.7. The quantitative estimate of drug-likeness (QED) is 0.0402. The summed E-state index contributed by atoms with van der Waals surface area (Å²) in [5.74, 6) is 1.25. The van der Waals surface area contributed by atoms with Gasteiger partial charge in [0.15, 0.2) is 0 Å². The number of aromatic nitrogens is 2. The summed E-state index contributed by atoms with van der Waals surface area (Å²) < 4.78 is 35.1. The van der Waals surface area contributed by atoms with Gasteiger partial charge in [0.2, 0.25) is 5.95 Å². The molecule has 1 fully saturated rings. The van der Waals surface area contributed by atoms with Gasteiger partial charge in [0.1, 0.15) is 11.4 Å². The summed E-state index contributed by atoms with van der Waals surface area (Å²) in [6, 6.07) is 28.6. The van der Waals surface area contributed by atoms with Crippen LogP contribution in [0.2, 0.25) is 5.02 Å². The summed E-state index contributed by atoms with van der Waals surface area (Å²) >= 11 is 7.74. The second-order valence-corrected chi connectivity index (χ2v) is 17.0. The number of hydrogen-bond acceptors (Lipinski definition) is 11. The molecule has 1 amide bonds. The lowest BCUT2D eigenvalue weighted by Crippen LogP contribution is -2.32. The van der Waals surface area contributed by atoms with Crippen molar-refractivity contribution in [2.24, 2.45) is 5.92 Å². The molecule has 6 rings (SSSR count). The van der Waals surface area contributed by atoms with E-state index in [1.807, 2.05) is 78.9 Å². The highest BCUT2D eigenvalue weighted by Crippen LogP contribution is 2.35. The average Bonchev–Trinajstić information content (AvgIpc) is 3.69. The zero-order chi connectivity index (χ0) is 39.7. The first-order valence-electron chi connectivity index (χ1n) is 18.3. The van der Waals surface area contributed by atoms with E-state index in [-0.39, 0.29) is 17.3 Å². The summed E-state index contributed by atoms with van der Waals surface area (Å²) in [4.78, 5) is 37.3. The summed E-state index contributed by atoms with van der Waals surface area (Å²) in [7, 11) is -4.54. The van der Waals surface area contributed by atoms with E-state index in [1.165, 1.54) is 18.3 Å². The van der Waals surface area contributed by atoms with E-state index >= 15 is 0 Å². The van der Waals surface area contributed by atoms with Gasteiger partial charge in [-0.2, -0.15) is 0 Å². The number of thioether (sulfide) groups is 1. The third-order valence-electron chi connectivity index (χ3n) is 9.15. The fourth-order valence-electron chi connectivity index (χ4n) is 6.33. The molecule has 2 heterocycles. The van der Waals surface area contributed by atoms with Crippen LogP contribution in [0.5, 0.6) is 5.75 Å². The van der Waals surface area contributed by atoms with Crippen molar-refractivity contribution < 1.29 is 22.9 Å². The number of anilines is 2. The average molecular weight is 815 g/mol. The molecule has 0 aliphatic carbocycles. The van der Waals surface area contributed by atoms with Gasteiger partial charge in [-0.1, -0.05) is 67.9 Å². The van der Waals surface area contributed by atoms with Crippen LogP contribution in [-0.4, -0.2) is 54.7 Å². The number of carbonyl (C=O) groups excluding carboxylic acids is 1. The topological polar surface area (TPSA) is 157 Å². The van der Waals surface area contributed by atoms with Crippen LogP contribution in [0, 0.1) is 16.0 Å².